The van der Waals surface area contributed by atoms with Crippen molar-refractivity contribution >= 4 is 35.3 Å². The molecule has 4 amide bonds. The first kappa shape index (κ1) is 19.3. The Morgan fingerprint density at radius 1 is 1.00 bits per heavy atom. The molecule has 3 aliphatic rings. The lowest BCUT2D eigenvalue weighted by molar-refractivity contribution is -0.130. The molecule has 2 aliphatic heterocycles. The second-order valence-corrected chi connectivity index (χ2v) is 9.09. The summed E-state index contributed by atoms with van der Waals surface area (Å²) in [5.41, 5.74) is 0.622. The summed E-state index contributed by atoms with van der Waals surface area (Å²) in [4.78, 5) is 42.6. The third-order valence-corrected chi connectivity index (χ3v) is 7.37. The topological polar surface area (TPSA) is 60.9 Å². The highest BCUT2D eigenvalue weighted by Crippen LogP contribution is 2.30. The Labute approximate surface area is 170 Å². The molecule has 1 aromatic rings. The van der Waals surface area contributed by atoms with Gasteiger partial charge in [0.25, 0.3) is 5.91 Å². The highest BCUT2D eigenvalue weighted by atomic mass is 32.2. The molecular formula is C21H27N3O3S. The van der Waals surface area contributed by atoms with Crippen LogP contribution in [0.25, 0.3) is 0 Å². The number of hydrogen-bond donors (Lipinski definition) is 0. The van der Waals surface area contributed by atoms with Crippen molar-refractivity contribution in [3.8, 4) is 0 Å². The zero-order valence-corrected chi connectivity index (χ0v) is 16.9. The Bertz CT molecular complexity index is 728. The number of thioether (sulfide) groups is 1. The minimum atomic E-state index is -0.238. The first-order valence-electron chi connectivity index (χ1n) is 10.2. The monoisotopic (exact) mass is 401 g/mol. The van der Waals surface area contributed by atoms with Crippen LogP contribution in [0.1, 0.15) is 38.5 Å². The minimum Gasteiger partial charge on any atom is -0.342 e. The third-order valence-electron chi connectivity index (χ3n) is 6.01. The second kappa shape index (κ2) is 8.55. The number of amides is 4. The molecule has 150 valence electrons. The van der Waals surface area contributed by atoms with E-state index >= 15 is 0 Å². The van der Waals surface area contributed by atoms with E-state index in [4.69, 9.17) is 0 Å². The average molecular weight is 402 g/mol. The van der Waals surface area contributed by atoms with Crippen LogP contribution in [0.4, 0.5) is 10.5 Å². The van der Waals surface area contributed by atoms with Crippen molar-refractivity contribution in [2.75, 3.05) is 30.3 Å². The molecule has 2 saturated heterocycles. The van der Waals surface area contributed by atoms with Gasteiger partial charge in [-0.3, -0.25) is 9.59 Å². The van der Waals surface area contributed by atoms with Crippen LogP contribution in [0.2, 0.25) is 0 Å². The maximum absolute atomic E-state index is 12.8. The van der Waals surface area contributed by atoms with Gasteiger partial charge in [-0.25, -0.2) is 9.69 Å². The number of rotatable bonds is 5. The van der Waals surface area contributed by atoms with E-state index in [1.165, 1.54) is 30.6 Å². The zero-order valence-electron chi connectivity index (χ0n) is 16.1. The Kier molecular flexibility index (Phi) is 5.90. The van der Waals surface area contributed by atoms with E-state index in [1.54, 1.807) is 28.8 Å². The lowest BCUT2D eigenvalue weighted by Crippen LogP contribution is -2.48. The van der Waals surface area contributed by atoms with E-state index in [0.29, 0.717) is 29.8 Å². The van der Waals surface area contributed by atoms with Gasteiger partial charge < -0.3 is 9.80 Å². The van der Waals surface area contributed by atoms with Crippen LogP contribution in [0, 0.1) is 0 Å². The van der Waals surface area contributed by atoms with Crippen molar-refractivity contribution in [1.29, 1.82) is 0 Å². The molecule has 2 heterocycles. The van der Waals surface area contributed by atoms with Gasteiger partial charge in [0.2, 0.25) is 5.91 Å². The summed E-state index contributed by atoms with van der Waals surface area (Å²) in [5.74, 6) is 0.603. The van der Waals surface area contributed by atoms with Crippen LogP contribution >= 0.6 is 11.8 Å². The maximum Gasteiger partial charge on any atom is 0.332 e. The maximum atomic E-state index is 12.8. The van der Waals surface area contributed by atoms with Gasteiger partial charge in [-0.2, -0.15) is 0 Å². The van der Waals surface area contributed by atoms with E-state index in [9.17, 15) is 14.4 Å². The number of carbonyl (C=O) groups excluding carboxylic acids is 3. The Morgan fingerprint density at radius 2 is 1.68 bits per heavy atom. The number of para-hydroxylation sites is 1. The molecule has 1 aliphatic carbocycles. The zero-order chi connectivity index (χ0) is 19.5. The standard InChI is InChI=1S/C21H27N3O3S/c25-19-14-23(21(27)24(19)17-6-2-1-3-7-17)16-10-12-22(13-11-16)20(26)15-28-18-8-4-5-9-18/h1-3,6-7,16,18H,4-5,8-15H2. The Morgan fingerprint density at radius 3 is 2.36 bits per heavy atom. The molecule has 0 unspecified atom stereocenters. The molecule has 0 aromatic heterocycles. The summed E-state index contributed by atoms with van der Waals surface area (Å²) < 4.78 is 0. The van der Waals surface area contributed by atoms with Crippen LogP contribution in [-0.2, 0) is 9.59 Å². The number of likely N-dealkylation sites (tertiary alicyclic amines) is 1. The van der Waals surface area contributed by atoms with Gasteiger partial charge in [0.1, 0.15) is 6.54 Å². The predicted molar refractivity (Wildman–Crippen MR) is 110 cm³/mol. The fraction of sp³-hybridized carbons (Fsp3) is 0.571. The summed E-state index contributed by atoms with van der Waals surface area (Å²) in [6, 6.07) is 8.86. The van der Waals surface area contributed by atoms with Gasteiger partial charge in [-0.05, 0) is 37.8 Å². The minimum absolute atomic E-state index is 0.0247. The molecule has 6 nitrogen and oxygen atoms in total. The lowest BCUT2D eigenvalue weighted by atomic mass is 10.0. The van der Waals surface area contributed by atoms with E-state index in [-0.39, 0.29) is 30.4 Å². The summed E-state index contributed by atoms with van der Waals surface area (Å²) >= 11 is 1.80. The number of nitrogens with zero attached hydrogens (tertiary/aromatic N) is 3. The van der Waals surface area contributed by atoms with Crippen LogP contribution in [-0.4, -0.2) is 64.3 Å². The molecule has 3 fully saturated rings. The molecule has 0 atom stereocenters. The highest BCUT2D eigenvalue weighted by Gasteiger charge is 2.41. The van der Waals surface area contributed by atoms with Crippen molar-refractivity contribution in [2.24, 2.45) is 0 Å². The molecular weight excluding hydrogens is 374 g/mol. The van der Waals surface area contributed by atoms with Gasteiger partial charge in [-0.1, -0.05) is 31.0 Å². The Hall–Kier alpha value is -2.02. The smallest absolute Gasteiger partial charge is 0.332 e. The van der Waals surface area contributed by atoms with E-state index in [0.717, 1.165) is 12.8 Å². The molecule has 0 radical (unpaired) electrons. The van der Waals surface area contributed by atoms with Crippen LogP contribution in [0.3, 0.4) is 0 Å². The van der Waals surface area contributed by atoms with Crippen molar-refractivity contribution in [3.05, 3.63) is 30.3 Å². The lowest BCUT2D eigenvalue weighted by Gasteiger charge is -2.36. The first-order chi connectivity index (χ1) is 13.6. The van der Waals surface area contributed by atoms with E-state index in [1.807, 2.05) is 23.1 Å². The Balaban J connectivity index is 1.29. The normalized spacial score (nSPS) is 21.8. The van der Waals surface area contributed by atoms with Gasteiger partial charge in [-0.15, -0.1) is 11.8 Å². The summed E-state index contributed by atoms with van der Waals surface area (Å²) in [5, 5.41) is 0.652. The van der Waals surface area contributed by atoms with Crippen molar-refractivity contribution in [1.82, 2.24) is 9.80 Å². The SMILES string of the molecule is O=C(CSC1CCCC1)N1CCC(N2CC(=O)N(c3ccccc3)C2=O)CC1. The molecule has 1 saturated carbocycles. The van der Waals surface area contributed by atoms with Gasteiger partial charge in [0, 0.05) is 24.4 Å². The van der Waals surface area contributed by atoms with Crippen molar-refractivity contribution in [2.45, 2.75) is 49.8 Å². The molecule has 0 spiro atoms. The number of benzene rings is 1. The molecule has 7 heteroatoms. The van der Waals surface area contributed by atoms with Crippen LogP contribution < -0.4 is 4.90 Å². The first-order valence-corrected chi connectivity index (χ1v) is 11.3. The van der Waals surface area contributed by atoms with E-state index in [2.05, 4.69) is 0 Å². The van der Waals surface area contributed by atoms with Gasteiger partial charge >= 0.3 is 6.03 Å². The number of hydrogen-bond acceptors (Lipinski definition) is 4. The molecule has 28 heavy (non-hydrogen) atoms. The van der Waals surface area contributed by atoms with Gasteiger partial charge in [0.15, 0.2) is 0 Å². The molecule has 1 aromatic carbocycles. The average Bonchev–Trinajstić information content (AvgIpc) is 3.34. The quantitative estimate of drug-likeness (QED) is 0.712. The number of urea groups is 1. The number of anilines is 1. The number of imide groups is 1. The second-order valence-electron chi connectivity index (χ2n) is 7.80. The summed E-state index contributed by atoms with van der Waals surface area (Å²) in [7, 11) is 0. The van der Waals surface area contributed by atoms with Crippen LogP contribution in [0.5, 0.6) is 0 Å². The highest BCUT2D eigenvalue weighted by molar-refractivity contribution is 8.00. The van der Waals surface area contributed by atoms with Gasteiger partial charge in [0.05, 0.1) is 11.4 Å². The van der Waals surface area contributed by atoms with Crippen molar-refractivity contribution in [3.63, 3.8) is 0 Å². The molecule has 0 bridgehead atoms. The molecule has 0 N–H and O–H groups in total. The summed E-state index contributed by atoms with van der Waals surface area (Å²) in [6.07, 6.45) is 6.54. The predicted octanol–water partition coefficient (Wildman–Crippen LogP) is 3.12. The van der Waals surface area contributed by atoms with Crippen LogP contribution in [0.15, 0.2) is 30.3 Å². The fourth-order valence-electron chi connectivity index (χ4n) is 4.40. The summed E-state index contributed by atoms with van der Waals surface area (Å²) in [6.45, 7) is 1.46. The number of piperidine rings is 1. The number of carbonyl (C=O) groups is 3. The van der Waals surface area contributed by atoms with Crippen molar-refractivity contribution < 1.29 is 14.4 Å². The largest absolute Gasteiger partial charge is 0.342 e. The molecule has 4 rings (SSSR count). The third kappa shape index (κ3) is 4.04. The van der Waals surface area contributed by atoms with E-state index < -0.39 is 0 Å². The fourth-order valence-corrected chi connectivity index (χ4v) is 5.63.